The molecule has 0 aliphatic rings. The molecule has 0 aromatic heterocycles. The molecule has 82 valence electrons. The van der Waals surface area contributed by atoms with Crippen molar-refractivity contribution in [1.82, 2.24) is 0 Å². The molecule has 0 aliphatic heterocycles. The Morgan fingerprint density at radius 2 is 2.13 bits per heavy atom. The maximum absolute atomic E-state index is 13.2. The maximum Gasteiger partial charge on any atom is 0.193 e. The summed E-state index contributed by atoms with van der Waals surface area (Å²) in [6.07, 6.45) is 0. The topological polar surface area (TPSA) is 50.4 Å². The molecule has 3 nitrogen and oxygen atoms in total. The second-order valence-electron chi connectivity index (χ2n) is 2.73. The van der Waals surface area contributed by atoms with E-state index >= 15 is 0 Å². The van der Waals surface area contributed by atoms with E-state index in [4.69, 9.17) is 5.73 Å². The Morgan fingerprint density at radius 3 is 2.73 bits per heavy atom. The van der Waals surface area contributed by atoms with Crippen LogP contribution in [-0.4, -0.2) is 12.5 Å². The zero-order valence-electron chi connectivity index (χ0n) is 8.02. The summed E-state index contributed by atoms with van der Waals surface area (Å²) in [4.78, 5) is 3.82. The van der Waals surface area contributed by atoms with Crippen molar-refractivity contribution in [3.63, 3.8) is 0 Å². The quantitative estimate of drug-likeness (QED) is 0.496. The lowest BCUT2D eigenvalue weighted by Gasteiger charge is -2.07. The molecule has 0 saturated heterocycles. The van der Waals surface area contributed by atoms with Crippen molar-refractivity contribution in [2.24, 2.45) is 10.7 Å². The van der Waals surface area contributed by atoms with Gasteiger partial charge in [-0.3, -0.25) is 4.99 Å². The van der Waals surface area contributed by atoms with E-state index in [0.717, 1.165) is 6.07 Å². The number of hydrogen-bond donors (Lipinski definition) is 2. The highest BCUT2D eigenvalue weighted by atomic mass is 79.9. The fourth-order valence-electron chi connectivity index (χ4n) is 0.966. The van der Waals surface area contributed by atoms with Gasteiger partial charge in [-0.15, -0.1) is 0 Å². The molecule has 1 rings (SSSR count). The number of benzene rings is 1. The van der Waals surface area contributed by atoms with Gasteiger partial charge in [-0.05, 0) is 28.9 Å². The summed E-state index contributed by atoms with van der Waals surface area (Å²) in [5, 5.41) is 2.54. The van der Waals surface area contributed by atoms with Gasteiger partial charge in [0.15, 0.2) is 5.96 Å². The van der Waals surface area contributed by atoms with Crippen LogP contribution in [0.5, 0.6) is 0 Å². The Balaban J connectivity index is 2.95. The van der Waals surface area contributed by atoms with Crippen molar-refractivity contribution in [3.05, 3.63) is 28.2 Å². The van der Waals surface area contributed by atoms with Crippen LogP contribution in [0.2, 0.25) is 0 Å². The number of nitrogens with zero attached hydrogens (tertiary/aromatic N) is 1. The van der Waals surface area contributed by atoms with Gasteiger partial charge in [0.2, 0.25) is 0 Å². The van der Waals surface area contributed by atoms with Crippen LogP contribution >= 0.6 is 15.9 Å². The van der Waals surface area contributed by atoms with Crippen LogP contribution in [0.4, 0.5) is 14.5 Å². The first-order chi connectivity index (χ1) is 7.04. The molecule has 0 aliphatic carbocycles. The maximum atomic E-state index is 13.2. The highest BCUT2D eigenvalue weighted by Crippen LogP contribution is 2.23. The molecule has 1 aromatic rings. The van der Waals surface area contributed by atoms with Crippen LogP contribution in [0.25, 0.3) is 0 Å². The zero-order chi connectivity index (χ0) is 11.4. The second kappa shape index (κ2) is 5.06. The van der Waals surface area contributed by atoms with Crippen LogP contribution in [-0.2, 0) is 0 Å². The van der Waals surface area contributed by atoms with Gasteiger partial charge in [0.25, 0.3) is 0 Å². The Kier molecular flexibility index (Phi) is 4.02. The number of aliphatic imine (C=N–C) groups is 1. The predicted octanol–water partition coefficient (Wildman–Crippen LogP) is 2.47. The van der Waals surface area contributed by atoms with Gasteiger partial charge >= 0.3 is 0 Å². The molecule has 0 saturated carbocycles. The summed E-state index contributed by atoms with van der Waals surface area (Å²) in [7, 11) is 0. The van der Waals surface area contributed by atoms with E-state index < -0.39 is 11.6 Å². The minimum absolute atomic E-state index is 0.0815. The third-order valence-electron chi connectivity index (χ3n) is 1.60. The molecular formula is C9H10BrF2N3. The van der Waals surface area contributed by atoms with E-state index in [2.05, 4.69) is 26.2 Å². The highest BCUT2D eigenvalue weighted by molar-refractivity contribution is 9.10. The Hall–Kier alpha value is -1.17. The van der Waals surface area contributed by atoms with Crippen molar-refractivity contribution in [3.8, 4) is 0 Å². The third kappa shape index (κ3) is 3.16. The molecule has 0 radical (unpaired) electrons. The number of hydrogen-bond acceptors (Lipinski definition) is 1. The summed E-state index contributed by atoms with van der Waals surface area (Å²) in [6.45, 7) is 2.29. The number of guanidine groups is 1. The Bertz CT molecular complexity index is 393. The average molecular weight is 278 g/mol. The lowest BCUT2D eigenvalue weighted by atomic mass is 10.3. The molecule has 15 heavy (non-hydrogen) atoms. The largest absolute Gasteiger partial charge is 0.370 e. The third-order valence-corrected chi connectivity index (χ3v) is 2.21. The van der Waals surface area contributed by atoms with Crippen LogP contribution in [0, 0.1) is 11.6 Å². The van der Waals surface area contributed by atoms with Gasteiger partial charge in [0.1, 0.15) is 11.6 Å². The molecule has 0 heterocycles. The normalized spacial score (nSPS) is 11.6. The van der Waals surface area contributed by atoms with Crippen LogP contribution < -0.4 is 11.1 Å². The van der Waals surface area contributed by atoms with Crippen molar-refractivity contribution in [2.45, 2.75) is 6.92 Å². The summed E-state index contributed by atoms with van der Waals surface area (Å²) in [5.41, 5.74) is 5.52. The highest BCUT2D eigenvalue weighted by Gasteiger charge is 2.08. The summed E-state index contributed by atoms with van der Waals surface area (Å²) >= 11 is 2.95. The first-order valence-electron chi connectivity index (χ1n) is 4.26. The van der Waals surface area contributed by atoms with Crippen molar-refractivity contribution in [2.75, 3.05) is 11.9 Å². The smallest absolute Gasteiger partial charge is 0.193 e. The summed E-state index contributed by atoms with van der Waals surface area (Å²) in [6, 6.07) is 2.04. The molecule has 6 heteroatoms. The van der Waals surface area contributed by atoms with Crippen molar-refractivity contribution >= 4 is 27.6 Å². The monoisotopic (exact) mass is 277 g/mol. The minimum atomic E-state index is -0.718. The van der Waals surface area contributed by atoms with Crippen LogP contribution in [0.15, 0.2) is 21.6 Å². The number of nitrogens with two attached hydrogens (primary N) is 1. The molecule has 3 N–H and O–H groups in total. The lowest BCUT2D eigenvalue weighted by molar-refractivity contribution is 0.581. The molecule has 1 aromatic carbocycles. The zero-order valence-corrected chi connectivity index (χ0v) is 9.61. The van der Waals surface area contributed by atoms with Gasteiger partial charge in [-0.2, -0.15) is 0 Å². The Labute approximate surface area is 94.5 Å². The first-order valence-corrected chi connectivity index (χ1v) is 5.05. The van der Waals surface area contributed by atoms with Crippen LogP contribution in [0.1, 0.15) is 6.92 Å². The van der Waals surface area contributed by atoms with E-state index in [1.54, 1.807) is 6.92 Å². The number of anilines is 1. The van der Waals surface area contributed by atoms with Gasteiger partial charge in [0.05, 0.1) is 10.2 Å². The van der Waals surface area contributed by atoms with Gasteiger partial charge in [-0.1, -0.05) is 0 Å². The molecule has 0 fully saturated rings. The summed E-state index contributed by atoms with van der Waals surface area (Å²) < 4.78 is 26.2. The fraction of sp³-hybridized carbons (Fsp3) is 0.222. The Morgan fingerprint density at radius 1 is 1.47 bits per heavy atom. The molecule has 0 amide bonds. The number of nitrogens with one attached hydrogen (secondary N) is 1. The van der Waals surface area contributed by atoms with E-state index in [-0.39, 0.29) is 16.1 Å². The van der Waals surface area contributed by atoms with Gasteiger partial charge in [0, 0.05) is 12.6 Å². The molecule has 0 spiro atoms. The average Bonchev–Trinajstić information content (AvgIpc) is 2.14. The number of halogens is 3. The summed E-state index contributed by atoms with van der Waals surface area (Å²) in [5.74, 6) is -1.29. The van der Waals surface area contributed by atoms with E-state index in [1.165, 1.54) is 6.07 Å². The van der Waals surface area contributed by atoms with Crippen molar-refractivity contribution in [1.29, 1.82) is 0 Å². The standard InChI is InChI=1S/C9H10BrF2N3/c1-2-14-9(13)15-8-3-5(10)6(11)4-7(8)12/h3-4H,2H2,1H3,(H3,13,14,15). The SMILES string of the molecule is CCN=C(N)Nc1cc(Br)c(F)cc1F. The molecule has 0 atom stereocenters. The molecule has 0 bridgehead atoms. The van der Waals surface area contributed by atoms with E-state index in [0.29, 0.717) is 6.54 Å². The second-order valence-corrected chi connectivity index (χ2v) is 3.59. The van der Waals surface area contributed by atoms with E-state index in [9.17, 15) is 8.78 Å². The predicted molar refractivity (Wildman–Crippen MR) is 59.8 cm³/mol. The minimum Gasteiger partial charge on any atom is -0.370 e. The van der Waals surface area contributed by atoms with Gasteiger partial charge < -0.3 is 11.1 Å². The molecular weight excluding hydrogens is 268 g/mol. The molecule has 0 unspecified atom stereocenters. The van der Waals surface area contributed by atoms with Crippen molar-refractivity contribution < 1.29 is 8.78 Å². The fourth-order valence-corrected chi connectivity index (χ4v) is 1.31. The van der Waals surface area contributed by atoms with Gasteiger partial charge in [-0.25, -0.2) is 8.78 Å². The first kappa shape index (κ1) is 11.9. The van der Waals surface area contributed by atoms with Crippen LogP contribution in [0.3, 0.4) is 0 Å². The number of rotatable bonds is 2. The van der Waals surface area contributed by atoms with E-state index in [1.807, 2.05) is 0 Å². The lowest BCUT2D eigenvalue weighted by Crippen LogP contribution is -2.23.